The van der Waals surface area contributed by atoms with Crippen molar-refractivity contribution in [3.63, 3.8) is 0 Å². The van der Waals surface area contributed by atoms with Gasteiger partial charge in [-0.05, 0) is 51.7 Å². The van der Waals surface area contributed by atoms with Crippen molar-refractivity contribution in [1.29, 1.82) is 0 Å². The molecule has 0 aromatic carbocycles. The molecule has 0 radical (unpaired) electrons. The van der Waals surface area contributed by atoms with E-state index in [9.17, 15) is 4.79 Å². The minimum atomic E-state index is 0.0241. The topological polar surface area (TPSA) is 44.4 Å². The second kappa shape index (κ2) is 5.83. The molecule has 2 heterocycles. The molecule has 0 aliphatic carbocycles. The molecule has 98 valence electrons. The molecule has 3 atom stereocenters. The Bertz CT molecular complexity index is 263. The van der Waals surface area contributed by atoms with Crippen LogP contribution in [-0.2, 0) is 4.79 Å². The van der Waals surface area contributed by atoms with Gasteiger partial charge in [-0.1, -0.05) is 6.92 Å². The molecule has 2 aliphatic heterocycles. The fourth-order valence-electron chi connectivity index (χ4n) is 2.92. The third-order valence-corrected chi connectivity index (χ3v) is 3.93. The molecule has 0 saturated carbocycles. The first-order chi connectivity index (χ1) is 8.16. The van der Waals surface area contributed by atoms with Crippen molar-refractivity contribution in [2.45, 2.75) is 45.2 Å². The second-order valence-corrected chi connectivity index (χ2v) is 5.62. The summed E-state index contributed by atoms with van der Waals surface area (Å²) in [6.07, 6.45) is 3.72. The summed E-state index contributed by atoms with van der Waals surface area (Å²) >= 11 is 0. The Kier molecular flexibility index (Phi) is 4.40. The molecule has 0 spiro atoms. The van der Waals surface area contributed by atoms with Crippen LogP contribution < -0.4 is 10.6 Å². The van der Waals surface area contributed by atoms with E-state index in [0.29, 0.717) is 5.92 Å². The number of hydrogen-bond donors (Lipinski definition) is 2. The molecule has 17 heavy (non-hydrogen) atoms. The molecule has 0 aromatic rings. The largest absolute Gasteiger partial charge is 0.351 e. The highest BCUT2D eigenvalue weighted by Crippen LogP contribution is 2.14. The number of nitrogens with zero attached hydrogens (tertiary/aromatic N) is 1. The summed E-state index contributed by atoms with van der Waals surface area (Å²) in [6, 6.07) is 0.284. The van der Waals surface area contributed by atoms with Gasteiger partial charge in [0.2, 0.25) is 5.91 Å². The van der Waals surface area contributed by atoms with Gasteiger partial charge in [-0.25, -0.2) is 0 Å². The maximum absolute atomic E-state index is 12.0. The van der Waals surface area contributed by atoms with Gasteiger partial charge in [-0.15, -0.1) is 0 Å². The van der Waals surface area contributed by atoms with Gasteiger partial charge in [0.05, 0.1) is 6.04 Å². The molecule has 2 N–H and O–H groups in total. The number of nitrogens with one attached hydrogen (secondary N) is 2. The first-order valence-electron chi connectivity index (χ1n) is 6.93. The summed E-state index contributed by atoms with van der Waals surface area (Å²) in [7, 11) is 0. The predicted octanol–water partition coefficient (Wildman–Crippen LogP) is 0.585. The van der Waals surface area contributed by atoms with Crippen LogP contribution in [0.15, 0.2) is 0 Å². The van der Waals surface area contributed by atoms with Gasteiger partial charge in [0.25, 0.3) is 0 Å². The molecule has 1 amide bonds. The van der Waals surface area contributed by atoms with Crippen LogP contribution in [0.25, 0.3) is 0 Å². The van der Waals surface area contributed by atoms with Gasteiger partial charge in [-0.2, -0.15) is 0 Å². The average molecular weight is 239 g/mol. The van der Waals surface area contributed by atoms with Crippen LogP contribution in [0.2, 0.25) is 0 Å². The highest BCUT2D eigenvalue weighted by molar-refractivity contribution is 5.82. The second-order valence-electron chi connectivity index (χ2n) is 5.62. The number of rotatable bonds is 4. The monoisotopic (exact) mass is 239 g/mol. The summed E-state index contributed by atoms with van der Waals surface area (Å²) in [4.78, 5) is 14.5. The Morgan fingerprint density at radius 2 is 2.18 bits per heavy atom. The summed E-state index contributed by atoms with van der Waals surface area (Å²) in [5.74, 6) is 0.649. The lowest BCUT2D eigenvalue weighted by Crippen LogP contribution is -2.49. The van der Waals surface area contributed by atoms with Crippen molar-refractivity contribution in [1.82, 2.24) is 15.5 Å². The average Bonchev–Trinajstić information content (AvgIpc) is 2.88. The van der Waals surface area contributed by atoms with Gasteiger partial charge >= 0.3 is 0 Å². The highest BCUT2D eigenvalue weighted by atomic mass is 16.2. The van der Waals surface area contributed by atoms with Crippen LogP contribution in [0.3, 0.4) is 0 Å². The Hall–Kier alpha value is -0.610. The molecule has 2 aliphatic rings. The smallest absolute Gasteiger partial charge is 0.237 e. The lowest BCUT2D eigenvalue weighted by Gasteiger charge is -2.23. The minimum absolute atomic E-state index is 0.0241. The van der Waals surface area contributed by atoms with E-state index in [1.165, 1.54) is 25.9 Å². The Morgan fingerprint density at radius 1 is 1.47 bits per heavy atom. The highest BCUT2D eigenvalue weighted by Gasteiger charge is 2.30. The van der Waals surface area contributed by atoms with Crippen LogP contribution in [-0.4, -0.2) is 49.1 Å². The van der Waals surface area contributed by atoms with Crippen molar-refractivity contribution in [3.05, 3.63) is 0 Å². The summed E-state index contributed by atoms with van der Waals surface area (Å²) in [5.41, 5.74) is 0. The van der Waals surface area contributed by atoms with Crippen LogP contribution in [0, 0.1) is 5.92 Å². The molecular weight excluding hydrogens is 214 g/mol. The number of carbonyl (C=O) groups is 1. The zero-order valence-electron chi connectivity index (χ0n) is 11.0. The zero-order chi connectivity index (χ0) is 12.3. The van der Waals surface area contributed by atoms with Gasteiger partial charge < -0.3 is 15.5 Å². The summed E-state index contributed by atoms with van der Waals surface area (Å²) < 4.78 is 0. The predicted molar refractivity (Wildman–Crippen MR) is 68.9 cm³/mol. The molecule has 2 saturated heterocycles. The summed E-state index contributed by atoms with van der Waals surface area (Å²) in [5, 5.41) is 6.42. The number of carbonyl (C=O) groups excluding carboxylic acids is 1. The maximum Gasteiger partial charge on any atom is 0.237 e. The van der Waals surface area contributed by atoms with Gasteiger partial charge in [-0.3, -0.25) is 4.79 Å². The lowest BCUT2D eigenvalue weighted by molar-refractivity contribution is -0.124. The standard InChI is InChI=1S/C13H25N3O/c1-10-5-6-14-12(10)13(17)15-11(2)9-16-7-3-4-8-16/h10-12,14H,3-9H2,1-2H3,(H,15,17). The van der Waals surface area contributed by atoms with Crippen LogP contribution >= 0.6 is 0 Å². The maximum atomic E-state index is 12.0. The molecular formula is C13H25N3O. The number of hydrogen-bond acceptors (Lipinski definition) is 3. The van der Waals surface area contributed by atoms with E-state index in [-0.39, 0.29) is 18.0 Å². The molecule has 2 fully saturated rings. The fourth-order valence-corrected chi connectivity index (χ4v) is 2.92. The number of likely N-dealkylation sites (tertiary alicyclic amines) is 1. The molecule has 3 unspecified atom stereocenters. The van der Waals surface area contributed by atoms with Crippen LogP contribution in [0.4, 0.5) is 0 Å². The van der Waals surface area contributed by atoms with Crippen molar-refractivity contribution in [2.75, 3.05) is 26.2 Å². The molecule has 4 nitrogen and oxygen atoms in total. The van der Waals surface area contributed by atoms with Gasteiger partial charge in [0.1, 0.15) is 0 Å². The zero-order valence-corrected chi connectivity index (χ0v) is 11.0. The van der Waals surface area contributed by atoms with E-state index in [4.69, 9.17) is 0 Å². The Labute approximate surface area is 104 Å². The SMILES string of the molecule is CC(CN1CCCC1)NC(=O)C1NCCC1C. The van der Waals surface area contributed by atoms with Crippen LogP contribution in [0.5, 0.6) is 0 Å². The van der Waals surface area contributed by atoms with Crippen molar-refractivity contribution in [2.24, 2.45) is 5.92 Å². The van der Waals surface area contributed by atoms with E-state index in [2.05, 4.69) is 29.4 Å². The normalized spacial score (nSPS) is 31.6. The van der Waals surface area contributed by atoms with Crippen molar-refractivity contribution < 1.29 is 4.79 Å². The third-order valence-electron chi connectivity index (χ3n) is 3.93. The van der Waals surface area contributed by atoms with E-state index in [1.807, 2.05) is 0 Å². The molecule has 0 aromatic heterocycles. The van der Waals surface area contributed by atoms with Gasteiger partial charge in [0.15, 0.2) is 0 Å². The summed E-state index contributed by atoms with van der Waals surface area (Å²) in [6.45, 7) is 8.61. The molecule has 4 heteroatoms. The third kappa shape index (κ3) is 3.42. The molecule has 2 rings (SSSR count). The molecule has 0 bridgehead atoms. The van der Waals surface area contributed by atoms with Crippen molar-refractivity contribution in [3.8, 4) is 0 Å². The van der Waals surface area contributed by atoms with E-state index in [1.54, 1.807) is 0 Å². The minimum Gasteiger partial charge on any atom is -0.351 e. The van der Waals surface area contributed by atoms with E-state index >= 15 is 0 Å². The quantitative estimate of drug-likeness (QED) is 0.754. The number of amides is 1. The first-order valence-corrected chi connectivity index (χ1v) is 6.93. The van der Waals surface area contributed by atoms with Crippen LogP contribution in [0.1, 0.15) is 33.1 Å². The Balaban J connectivity index is 1.73. The van der Waals surface area contributed by atoms with Gasteiger partial charge in [0, 0.05) is 12.6 Å². The fraction of sp³-hybridized carbons (Fsp3) is 0.923. The van der Waals surface area contributed by atoms with Crippen molar-refractivity contribution >= 4 is 5.91 Å². The lowest BCUT2D eigenvalue weighted by atomic mass is 10.0. The van der Waals surface area contributed by atoms with E-state index < -0.39 is 0 Å². The first kappa shape index (κ1) is 12.8. The van der Waals surface area contributed by atoms with E-state index in [0.717, 1.165) is 19.5 Å². The Morgan fingerprint density at radius 3 is 2.76 bits per heavy atom.